The zero-order chi connectivity index (χ0) is 48.2. The molecule has 0 atom stereocenters. The Bertz CT molecular complexity index is 3970. The maximum Gasteiger partial charge on any atom is 0.197 e. The van der Waals surface area contributed by atoms with Crippen LogP contribution < -0.4 is 16.2 Å². The van der Waals surface area contributed by atoms with E-state index in [1.54, 1.807) is 0 Å². The van der Waals surface area contributed by atoms with Gasteiger partial charge in [0.15, 0.2) is 7.28 Å². The fraction of sp³-hybridized carbons (Fsp3) is 0.273. The molecular formula is C66H60BN2S. The molecule has 10 aromatic rings. The van der Waals surface area contributed by atoms with Crippen LogP contribution in [0.4, 0.5) is 11.4 Å². The average molecular weight is 924 g/mol. The molecule has 3 aliphatic carbocycles. The van der Waals surface area contributed by atoms with Crippen LogP contribution in [0.5, 0.6) is 0 Å². The second kappa shape index (κ2) is 13.7. The maximum absolute atomic E-state index is 4.07. The van der Waals surface area contributed by atoms with Crippen molar-refractivity contribution >= 4 is 82.9 Å². The highest BCUT2D eigenvalue weighted by molar-refractivity contribution is 7.25. The molecule has 343 valence electrons. The van der Waals surface area contributed by atoms with Crippen molar-refractivity contribution in [3.63, 3.8) is 0 Å². The summed E-state index contributed by atoms with van der Waals surface area (Å²) < 4.78 is 5.30. The van der Waals surface area contributed by atoms with Crippen molar-refractivity contribution in [1.29, 1.82) is 0 Å². The fourth-order valence-corrected chi connectivity index (χ4v) is 14.7. The molecule has 0 saturated carbocycles. The lowest BCUT2D eigenvalue weighted by atomic mass is 9.58. The molecule has 0 unspecified atom stereocenters. The highest BCUT2D eigenvalue weighted by Gasteiger charge is 2.44. The van der Waals surface area contributed by atoms with Crippen LogP contribution in [-0.4, -0.2) is 11.8 Å². The standard InChI is InChI=1S/C66H60BN2S/c1-62(2,3)36-20-22-37(23-21-36)68-55-34-51-42(43-30-52-53(32-49(43)66(51,10)11)64(6,7)27-26-63(52,4)5)28-45(55)40-24-25-41-46-29-47-39-17-13-15-19-58(39)70-59(47)35-56(46)69-57-31-44-38-16-12-14-18-48(38)65(8,9)50(44)33-54(57)67-60(40)61(41)69/h12-25,28-35,68H,26-27H2,1-11H3. The van der Waals surface area contributed by atoms with Crippen LogP contribution >= 0.6 is 11.3 Å². The summed E-state index contributed by atoms with van der Waals surface area (Å²) in [4.78, 5) is 0. The van der Waals surface area contributed by atoms with Gasteiger partial charge in [-0.2, -0.15) is 0 Å². The molecule has 1 N–H and O–H groups in total. The summed E-state index contributed by atoms with van der Waals surface area (Å²) in [7, 11) is 2.54. The fourth-order valence-electron chi connectivity index (χ4n) is 13.6. The molecule has 70 heavy (non-hydrogen) atoms. The van der Waals surface area contributed by atoms with Crippen molar-refractivity contribution in [3.05, 3.63) is 172 Å². The molecule has 0 saturated heterocycles. The second-order valence-electron chi connectivity index (χ2n) is 24.7. The van der Waals surface area contributed by atoms with Crippen LogP contribution in [0.25, 0.3) is 81.0 Å². The van der Waals surface area contributed by atoms with Gasteiger partial charge in [-0.15, -0.1) is 11.3 Å². The molecular weight excluding hydrogens is 864 g/mol. The van der Waals surface area contributed by atoms with Crippen molar-refractivity contribution < 1.29 is 0 Å². The van der Waals surface area contributed by atoms with E-state index in [2.05, 4.69) is 227 Å². The largest absolute Gasteiger partial charge is 0.355 e. The molecule has 2 aromatic heterocycles. The predicted molar refractivity (Wildman–Crippen MR) is 303 cm³/mol. The van der Waals surface area contributed by atoms with Gasteiger partial charge in [-0.25, -0.2) is 0 Å². The van der Waals surface area contributed by atoms with E-state index < -0.39 is 0 Å². The molecule has 1 radical (unpaired) electrons. The van der Waals surface area contributed by atoms with Crippen molar-refractivity contribution in [2.24, 2.45) is 0 Å². The summed E-state index contributed by atoms with van der Waals surface area (Å²) >= 11 is 1.91. The third kappa shape index (κ3) is 5.69. The normalized spacial score (nSPS) is 17.2. The molecule has 0 fully saturated rings. The first-order chi connectivity index (χ1) is 33.3. The molecule has 0 amide bonds. The Kier molecular flexibility index (Phi) is 8.34. The summed E-state index contributed by atoms with van der Waals surface area (Å²) in [6, 6.07) is 52.4. The monoisotopic (exact) mass is 923 g/mol. The van der Waals surface area contributed by atoms with Gasteiger partial charge in [0, 0.05) is 69.9 Å². The highest BCUT2D eigenvalue weighted by Crippen LogP contribution is 2.57. The number of fused-ring (bicyclic) bond motifs is 15. The van der Waals surface area contributed by atoms with Crippen molar-refractivity contribution in [2.75, 3.05) is 5.32 Å². The predicted octanol–water partition coefficient (Wildman–Crippen LogP) is 16.8. The van der Waals surface area contributed by atoms with E-state index in [1.807, 2.05) is 11.3 Å². The molecule has 4 aliphatic rings. The maximum atomic E-state index is 4.07. The Hall–Kier alpha value is -6.36. The molecule has 0 bridgehead atoms. The Morgan fingerprint density at radius 1 is 0.500 bits per heavy atom. The van der Waals surface area contributed by atoms with E-state index in [1.165, 1.54) is 144 Å². The van der Waals surface area contributed by atoms with Gasteiger partial charge in [0.2, 0.25) is 0 Å². The molecule has 14 rings (SSSR count). The summed E-state index contributed by atoms with van der Waals surface area (Å²) in [5, 5.41) is 9.35. The lowest BCUT2D eigenvalue weighted by Gasteiger charge is -2.42. The molecule has 8 aromatic carbocycles. The van der Waals surface area contributed by atoms with E-state index in [4.69, 9.17) is 0 Å². The average Bonchev–Trinajstić information content (AvgIpc) is 3.99. The Morgan fingerprint density at radius 3 is 1.93 bits per heavy atom. The zero-order valence-corrected chi connectivity index (χ0v) is 43.4. The SMILES string of the molecule is CC(C)(C)c1ccc(Nc2cc3c(cc2-c2ccc4c5cc6c(cc5n5c4c2[B]c2cc4c(cc2-5)-c2ccccc2C4(C)C)sc2ccccc26)-c2cc4c(cc2C3(C)C)C(C)(C)CCC4(C)C)cc1. The molecule has 1 aliphatic heterocycles. The highest BCUT2D eigenvalue weighted by atomic mass is 32.1. The van der Waals surface area contributed by atoms with Gasteiger partial charge in [0.25, 0.3) is 0 Å². The Morgan fingerprint density at radius 2 is 1.16 bits per heavy atom. The first-order valence-electron chi connectivity index (χ1n) is 25.6. The van der Waals surface area contributed by atoms with Crippen LogP contribution in [0.2, 0.25) is 0 Å². The number of benzene rings is 8. The van der Waals surface area contributed by atoms with E-state index in [0.29, 0.717) is 0 Å². The topological polar surface area (TPSA) is 17.0 Å². The van der Waals surface area contributed by atoms with Gasteiger partial charge in [0.05, 0.1) is 5.52 Å². The lowest BCUT2D eigenvalue weighted by Crippen LogP contribution is -2.38. The summed E-state index contributed by atoms with van der Waals surface area (Å²) in [6.45, 7) is 26.5. The van der Waals surface area contributed by atoms with Crippen molar-refractivity contribution in [3.8, 4) is 39.1 Å². The first-order valence-corrected chi connectivity index (χ1v) is 26.4. The molecule has 2 nitrogen and oxygen atoms in total. The number of hydrogen-bond acceptors (Lipinski definition) is 2. The number of nitrogens with zero attached hydrogens (tertiary/aromatic N) is 1. The second-order valence-corrected chi connectivity index (χ2v) is 25.8. The van der Waals surface area contributed by atoms with Crippen LogP contribution in [-0.2, 0) is 27.1 Å². The minimum absolute atomic E-state index is 0.0678. The molecule has 4 heteroatoms. The van der Waals surface area contributed by atoms with Crippen molar-refractivity contribution in [1.82, 2.24) is 4.57 Å². The van der Waals surface area contributed by atoms with Gasteiger partial charge in [-0.05, 0) is 156 Å². The van der Waals surface area contributed by atoms with Crippen LogP contribution in [0, 0.1) is 0 Å². The number of thiophene rings is 1. The van der Waals surface area contributed by atoms with E-state index in [9.17, 15) is 0 Å². The van der Waals surface area contributed by atoms with E-state index in [-0.39, 0.29) is 27.1 Å². The molecule has 0 spiro atoms. The van der Waals surface area contributed by atoms with E-state index >= 15 is 0 Å². The van der Waals surface area contributed by atoms with Gasteiger partial charge < -0.3 is 9.88 Å². The van der Waals surface area contributed by atoms with Gasteiger partial charge in [-0.1, -0.05) is 160 Å². The summed E-state index contributed by atoms with van der Waals surface area (Å²) in [5.41, 5.74) is 26.6. The zero-order valence-electron chi connectivity index (χ0n) is 42.5. The van der Waals surface area contributed by atoms with Crippen LogP contribution in [0.3, 0.4) is 0 Å². The Balaban J connectivity index is 1.06. The van der Waals surface area contributed by atoms with Gasteiger partial charge >= 0.3 is 0 Å². The first kappa shape index (κ1) is 42.5. The summed E-state index contributed by atoms with van der Waals surface area (Å²) in [6.07, 6.45) is 2.40. The third-order valence-electron chi connectivity index (χ3n) is 17.8. The number of anilines is 2. The minimum atomic E-state index is -0.181. The van der Waals surface area contributed by atoms with Gasteiger partial charge in [-0.3, -0.25) is 0 Å². The number of nitrogens with one attached hydrogen (secondary N) is 1. The number of rotatable bonds is 3. The van der Waals surface area contributed by atoms with Crippen LogP contribution in [0.1, 0.15) is 128 Å². The minimum Gasteiger partial charge on any atom is -0.355 e. The van der Waals surface area contributed by atoms with Crippen molar-refractivity contribution in [2.45, 2.75) is 116 Å². The quantitative estimate of drug-likeness (QED) is 0.175. The third-order valence-corrected chi connectivity index (χ3v) is 19.0. The van der Waals surface area contributed by atoms with E-state index in [0.717, 1.165) is 11.4 Å². The summed E-state index contributed by atoms with van der Waals surface area (Å²) in [5.74, 6) is 0. The molecule has 3 heterocycles. The van der Waals surface area contributed by atoms with Gasteiger partial charge in [0.1, 0.15) is 0 Å². The number of hydrogen-bond donors (Lipinski definition) is 1. The number of aromatic nitrogens is 1. The smallest absolute Gasteiger partial charge is 0.197 e. The lowest BCUT2D eigenvalue weighted by molar-refractivity contribution is 0.331. The van der Waals surface area contributed by atoms with Crippen LogP contribution in [0.15, 0.2) is 133 Å². The Labute approximate surface area is 418 Å².